The Morgan fingerprint density at radius 1 is 1.41 bits per heavy atom. The topological polar surface area (TPSA) is 53.4 Å². The Balaban J connectivity index is 1.68. The molecule has 1 aliphatic rings. The van der Waals surface area contributed by atoms with Gasteiger partial charge >= 0.3 is 0 Å². The molecule has 0 aromatic carbocycles. The number of hydrogen-bond donors (Lipinski definition) is 1. The molecule has 1 aliphatic heterocycles. The molecule has 3 aromatic heterocycles. The predicted octanol–water partition coefficient (Wildman–Crippen LogP) is 3.08. The van der Waals surface area contributed by atoms with Gasteiger partial charge in [0.1, 0.15) is 0 Å². The summed E-state index contributed by atoms with van der Waals surface area (Å²) < 4.78 is 1.64. The second kappa shape index (κ2) is 4.88. The van der Waals surface area contributed by atoms with Gasteiger partial charge in [0.25, 0.3) is 5.91 Å². The summed E-state index contributed by atoms with van der Waals surface area (Å²) >= 11 is 5.96. The Kier molecular flexibility index (Phi) is 2.97. The number of carbonyl (C=O) groups is 1. The van der Waals surface area contributed by atoms with Gasteiger partial charge < -0.3 is 9.88 Å². The minimum absolute atomic E-state index is 0.0275. The minimum Gasteiger partial charge on any atom is -0.363 e. The number of aromatic nitrogens is 3. The quantitative estimate of drug-likeness (QED) is 0.750. The van der Waals surface area contributed by atoms with Crippen LogP contribution in [0.2, 0.25) is 5.02 Å². The smallest absolute Gasteiger partial charge is 0.274 e. The first kappa shape index (κ1) is 13.4. The van der Waals surface area contributed by atoms with Crippen molar-refractivity contribution in [1.82, 2.24) is 19.5 Å². The van der Waals surface area contributed by atoms with Crippen molar-refractivity contribution < 1.29 is 4.79 Å². The Bertz CT molecular complexity index is 866. The van der Waals surface area contributed by atoms with Crippen molar-refractivity contribution in [2.45, 2.75) is 19.4 Å². The summed E-state index contributed by atoms with van der Waals surface area (Å²) in [5, 5.41) is 4.95. The number of fused-ring (bicyclic) bond motifs is 2. The van der Waals surface area contributed by atoms with Crippen LogP contribution in [0.3, 0.4) is 0 Å². The van der Waals surface area contributed by atoms with Gasteiger partial charge in [-0.2, -0.15) is 5.10 Å². The van der Waals surface area contributed by atoms with E-state index >= 15 is 0 Å². The number of halogens is 1. The van der Waals surface area contributed by atoms with Crippen molar-refractivity contribution >= 4 is 23.0 Å². The van der Waals surface area contributed by atoms with E-state index in [1.165, 1.54) is 5.56 Å². The molecule has 1 unspecified atom stereocenters. The van der Waals surface area contributed by atoms with E-state index in [2.05, 4.69) is 16.1 Å². The summed E-state index contributed by atoms with van der Waals surface area (Å²) in [6.45, 7) is 2.75. The Hall–Kier alpha value is -2.27. The van der Waals surface area contributed by atoms with E-state index in [-0.39, 0.29) is 11.9 Å². The highest BCUT2D eigenvalue weighted by Crippen LogP contribution is 2.29. The molecule has 22 heavy (non-hydrogen) atoms. The number of amides is 1. The van der Waals surface area contributed by atoms with Crippen LogP contribution in [-0.2, 0) is 6.42 Å². The standard InChI is InChI=1S/C16H15ClN4O/c1-10-15-11(4-6-18-15)5-7-20(10)16(22)14-8-13-3-2-12(17)9-21(13)19-14/h2-4,6,8-10,18H,5,7H2,1H3. The first-order chi connectivity index (χ1) is 10.6. The zero-order valence-corrected chi connectivity index (χ0v) is 12.8. The van der Waals surface area contributed by atoms with Crippen LogP contribution in [0.25, 0.3) is 5.52 Å². The number of hydrogen-bond acceptors (Lipinski definition) is 2. The second-order valence-electron chi connectivity index (χ2n) is 5.59. The average molecular weight is 315 g/mol. The number of nitrogens with zero attached hydrogens (tertiary/aromatic N) is 3. The maximum absolute atomic E-state index is 12.8. The van der Waals surface area contributed by atoms with Gasteiger partial charge in [-0.1, -0.05) is 11.6 Å². The van der Waals surface area contributed by atoms with Crippen LogP contribution in [0.5, 0.6) is 0 Å². The summed E-state index contributed by atoms with van der Waals surface area (Å²) in [6, 6.07) is 7.56. The summed E-state index contributed by atoms with van der Waals surface area (Å²) in [7, 11) is 0. The number of aromatic amines is 1. The molecule has 1 amide bonds. The van der Waals surface area contributed by atoms with Crippen molar-refractivity contribution in [3.63, 3.8) is 0 Å². The van der Waals surface area contributed by atoms with Gasteiger partial charge in [0.05, 0.1) is 16.6 Å². The van der Waals surface area contributed by atoms with Crippen LogP contribution in [0, 0.1) is 0 Å². The van der Waals surface area contributed by atoms with Crippen LogP contribution in [0.15, 0.2) is 36.7 Å². The van der Waals surface area contributed by atoms with E-state index in [9.17, 15) is 4.79 Å². The molecule has 0 bridgehead atoms. The summed E-state index contributed by atoms with van der Waals surface area (Å²) in [5.74, 6) is -0.0485. The molecule has 4 heterocycles. The van der Waals surface area contributed by atoms with Crippen LogP contribution in [0.1, 0.15) is 34.7 Å². The average Bonchev–Trinajstić information content (AvgIpc) is 3.12. The van der Waals surface area contributed by atoms with Crippen LogP contribution >= 0.6 is 11.6 Å². The molecule has 0 saturated carbocycles. The molecule has 0 radical (unpaired) electrons. The first-order valence-corrected chi connectivity index (χ1v) is 7.63. The van der Waals surface area contributed by atoms with Gasteiger partial charge in [-0.25, -0.2) is 4.52 Å². The largest absolute Gasteiger partial charge is 0.363 e. The maximum atomic E-state index is 12.8. The maximum Gasteiger partial charge on any atom is 0.274 e. The van der Waals surface area contributed by atoms with Crippen molar-refractivity contribution in [1.29, 1.82) is 0 Å². The molecule has 0 spiro atoms. The van der Waals surface area contributed by atoms with E-state index in [1.807, 2.05) is 24.1 Å². The van der Waals surface area contributed by atoms with E-state index in [0.29, 0.717) is 17.3 Å². The van der Waals surface area contributed by atoms with Gasteiger partial charge in [0.2, 0.25) is 0 Å². The van der Waals surface area contributed by atoms with Crippen LogP contribution in [0.4, 0.5) is 0 Å². The van der Waals surface area contributed by atoms with E-state index in [1.54, 1.807) is 22.8 Å². The number of H-pyrrole nitrogens is 1. The number of pyridine rings is 1. The number of rotatable bonds is 1. The molecular weight excluding hydrogens is 300 g/mol. The summed E-state index contributed by atoms with van der Waals surface area (Å²) in [4.78, 5) is 17.9. The van der Waals surface area contributed by atoms with Crippen molar-refractivity contribution in [3.8, 4) is 0 Å². The summed E-state index contributed by atoms with van der Waals surface area (Å²) in [6.07, 6.45) is 4.51. The highest BCUT2D eigenvalue weighted by molar-refractivity contribution is 6.30. The third-order valence-electron chi connectivity index (χ3n) is 4.28. The Morgan fingerprint density at radius 3 is 3.14 bits per heavy atom. The zero-order valence-electron chi connectivity index (χ0n) is 12.1. The number of carbonyl (C=O) groups excluding carboxylic acids is 1. The third-order valence-corrected chi connectivity index (χ3v) is 4.50. The lowest BCUT2D eigenvalue weighted by molar-refractivity contribution is 0.0668. The minimum atomic E-state index is -0.0485. The molecule has 0 fully saturated rings. The highest BCUT2D eigenvalue weighted by atomic mass is 35.5. The van der Waals surface area contributed by atoms with Gasteiger partial charge in [0, 0.05) is 24.6 Å². The van der Waals surface area contributed by atoms with E-state index < -0.39 is 0 Å². The van der Waals surface area contributed by atoms with Gasteiger partial charge in [-0.15, -0.1) is 0 Å². The lowest BCUT2D eigenvalue weighted by atomic mass is 10.0. The SMILES string of the molecule is CC1c2[nH]ccc2CCN1C(=O)c1cc2ccc(Cl)cn2n1. The molecule has 0 saturated heterocycles. The third kappa shape index (κ3) is 2.01. The van der Waals surface area contributed by atoms with E-state index in [4.69, 9.17) is 11.6 Å². The van der Waals surface area contributed by atoms with E-state index in [0.717, 1.165) is 17.6 Å². The molecule has 0 aliphatic carbocycles. The fourth-order valence-corrected chi connectivity index (χ4v) is 3.26. The normalized spacial score (nSPS) is 17.7. The van der Waals surface area contributed by atoms with Crippen LogP contribution < -0.4 is 0 Å². The Labute approximate surface area is 132 Å². The van der Waals surface area contributed by atoms with Crippen LogP contribution in [-0.4, -0.2) is 31.9 Å². The fraction of sp³-hybridized carbons (Fsp3) is 0.250. The molecule has 1 atom stereocenters. The molecule has 4 rings (SSSR count). The van der Waals surface area contributed by atoms with Crippen molar-refractivity contribution in [2.24, 2.45) is 0 Å². The van der Waals surface area contributed by atoms with Gasteiger partial charge in [-0.3, -0.25) is 4.79 Å². The lowest BCUT2D eigenvalue weighted by Crippen LogP contribution is -2.39. The molecular formula is C16H15ClN4O. The molecule has 6 heteroatoms. The number of nitrogens with one attached hydrogen (secondary N) is 1. The van der Waals surface area contributed by atoms with Gasteiger partial charge in [0.15, 0.2) is 5.69 Å². The van der Waals surface area contributed by atoms with Gasteiger partial charge in [-0.05, 0) is 43.2 Å². The highest BCUT2D eigenvalue weighted by Gasteiger charge is 2.30. The monoisotopic (exact) mass is 314 g/mol. The second-order valence-corrected chi connectivity index (χ2v) is 6.02. The Morgan fingerprint density at radius 2 is 2.27 bits per heavy atom. The molecule has 3 aromatic rings. The summed E-state index contributed by atoms with van der Waals surface area (Å²) in [5.41, 5.74) is 3.71. The molecule has 5 nitrogen and oxygen atoms in total. The predicted molar refractivity (Wildman–Crippen MR) is 84.2 cm³/mol. The lowest BCUT2D eigenvalue weighted by Gasteiger charge is -2.33. The fourth-order valence-electron chi connectivity index (χ4n) is 3.10. The van der Waals surface area contributed by atoms with Crippen molar-refractivity contribution in [2.75, 3.05) is 6.54 Å². The first-order valence-electron chi connectivity index (χ1n) is 7.25. The van der Waals surface area contributed by atoms with Crippen molar-refractivity contribution in [3.05, 3.63) is 58.6 Å². The zero-order chi connectivity index (χ0) is 15.3. The molecule has 112 valence electrons. The molecule has 1 N–H and O–H groups in total.